The molecule has 3 amide bonds. The summed E-state index contributed by atoms with van der Waals surface area (Å²) in [6.07, 6.45) is -0.209. The average molecular weight is 368 g/mol. The molecule has 2 aromatic rings. The molecule has 0 spiro atoms. The van der Waals surface area contributed by atoms with Crippen LogP contribution in [0.4, 0.5) is 5.69 Å². The molecule has 0 unspecified atom stereocenters. The van der Waals surface area contributed by atoms with Crippen LogP contribution in [-0.2, 0) is 4.79 Å². The molecule has 1 heterocycles. The van der Waals surface area contributed by atoms with Crippen LogP contribution < -0.4 is 15.0 Å². The fourth-order valence-corrected chi connectivity index (χ4v) is 2.73. The van der Waals surface area contributed by atoms with Crippen LogP contribution in [0.3, 0.4) is 0 Å². The Bertz CT molecular complexity index is 936. The topological polar surface area (TPSA) is 113 Å². The number of rotatable bonds is 6. The second-order valence-electron chi connectivity index (χ2n) is 5.80. The molecule has 3 rings (SSSR count). The van der Waals surface area contributed by atoms with E-state index in [-0.39, 0.29) is 29.7 Å². The Labute approximate surface area is 154 Å². The molecule has 1 aliphatic rings. The number of benzene rings is 2. The number of nitrogens with zero attached hydrogens (tertiary/aromatic N) is 1. The minimum absolute atomic E-state index is 0.0316. The van der Waals surface area contributed by atoms with Crippen molar-refractivity contribution >= 4 is 29.4 Å². The quantitative estimate of drug-likeness (QED) is 0.751. The van der Waals surface area contributed by atoms with Crippen LogP contribution in [0.2, 0.25) is 0 Å². The van der Waals surface area contributed by atoms with Gasteiger partial charge >= 0.3 is 5.97 Å². The zero-order valence-electron chi connectivity index (χ0n) is 14.4. The number of hydrogen-bond acceptors (Lipinski definition) is 5. The SMILES string of the molecule is COc1ccc(N2C(=O)c3ccc(C(=O)NCCC(=O)O)cc3C2=O)cc1. The molecule has 0 radical (unpaired) electrons. The predicted octanol–water partition coefficient (Wildman–Crippen LogP) is 1.70. The molecule has 2 N–H and O–H groups in total. The fourth-order valence-electron chi connectivity index (χ4n) is 2.73. The maximum atomic E-state index is 12.7. The number of carbonyl (C=O) groups excluding carboxylic acids is 3. The molecule has 1 aliphatic heterocycles. The molecule has 27 heavy (non-hydrogen) atoms. The summed E-state index contributed by atoms with van der Waals surface area (Å²) in [5, 5.41) is 11.1. The van der Waals surface area contributed by atoms with E-state index in [1.54, 1.807) is 24.3 Å². The lowest BCUT2D eigenvalue weighted by Gasteiger charge is -2.14. The van der Waals surface area contributed by atoms with Crippen LogP contribution in [0.25, 0.3) is 0 Å². The minimum atomic E-state index is -1.03. The summed E-state index contributed by atoms with van der Waals surface area (Å²) in [6, 6.07) is 10.7. The Morgan fingerprint density at radius 1 is 1.04 bits per heavy atom. The summed E-state index contributed by atoms with van der Waals surface area (Å²) < 4.78 is 5.07. The number of imide groups is 1. The molecular weight excluding hydrogens is 352 g/mol. The highest BCUT2D eigenvalue weighted by Crippen LogP contribution is 2.30. The van der Waals surface area contributed by atoms with E-state index in [1.807, 2.05) is 0 Å². The third-order valence-corrected chi connectivity index (χ3v) is 4.10. The third kappa shape index (κ3) is 3.50. The molecule has 2 aromatic carbocycles. The zero-order chi connectivity index (χ0) is 19.6. The number of aliphatic carboxylic acids is 1. The van der Waals surface area contributed by atoms with Gasteiger partial charge in [-0.3, -0.25) is 19.2 Å². The first-order chi connectivity index (χ1) is 12.9. The Morgan fingerprint density at radius 3 is 2.33 bits per heavy atom. The molecule has 138 valence electrons. The van der Waals surface area contributed by atoms with Gasteiger partial charge in [0.25, 0.3) is 17.7 Å². The van der Waals surface area contributed by atoms with Crippen LogP contribution in [0.1, 0.15) is 37.5 Å². The summed E-state index contributed by atoms with van der Waals surface area (Å²) in [5.41, 5.74) is 0.908. The first-order valence-electron chi connectivity index (χ1n) is 8.09. The molecule has 0 saturated heterocycles. The van der Waals surface area contributed by atoms with Crippen molar-refractivity contribution in [1.29, 1.82) is 0 Å². The number of hydrogen-bond donors (Lipinski definition) is 2. The number of amides is 3. The summed E-state index contributed by atoms with van der Waals surface area (Å²) in [5.74, 6) is -1.95. The zero-order valence-corrected chi connectivity index (χ0v) is 14.4. The first kappa shape index (κ1) is 18.1. The van der Waals surface area contributed by atoms with E-state index in [9.17, 15) is 19.2 Å². The van der Waals surface area contributed by atoms with Crippen LogP contribution in [-0.4, -0.2) is 42.5 Å². The van der Waals surface area contributed by atoms with Crippen molar-refractivity contribution in [2.75, 3.05) is 18.6 Å². The molecule has 0 saturated carbocycles. The van der Waals surface area contributed by atoms with Crippen molar-refractivity contribution in [1.82, 2.24) is 5.32 Å². The van der Waals surface area contributed by atoms with Crippen LogP contribution >= 0.6 is 0 Å². The number of carbonyl (C=O) groups is 4. The maximum absolute atomic E-state index is 12.7. The lowest BCUT2D eigenvalue weighted by atomic mass is 10.1. The highest BCUT2D eigenvalue weighted by Gasteiger charge is 2.37. The number of carboxylic acids is 1. The third-order valence-electron chi connectivity index (χ3n) is 4.10. The van der Waals surface area contributed by atoms with Crippen molar-refractivity contribution in [2.45, 2.75) is 6.42 Å². The van der Waals surface area contributed by atoms with Crippen LogP contribution in [0.5, 0.6) is 5.75 Å². The van der Waals surface area contributed by atoms with Crippen molar-refractivity contribution < 1.29 is 29.0 Å². The lowest BCUT2D eigenvalue weighted by molar-refractivity contribution is -0.136. The summed E-state index contributed by atoms with van der Waals surface area (Å²) in [4.78, 5) is 49.0. The second kappa shape index (κ2) is 7.28. The lowest BCUT2D eigenvalue weighted by Crippen LogP contribution is -2.29. The number of anilines is 1. The molecule has 0 atom stereocenters. The van der Waals surface area contributed by atoms with E-state index in [2.05, 4.69) is 5.32 Å². The van der Waals surface area contributed by atoms with Crippen molar-refractivity contribution in [3.05, 3.63) is 59.2 Å². The number of carboxylic acid groups (broad SMARTS) is 1. The Hall–Kier alpha value is -3.68. The van der Waals surface area contributed by atoms with Gasteiger partial charge in [0, 0.05) is 12.1 Å². The first-order valence-corrected chi connectivity index (χ1v) is 8.09. The summed E-state index contributed by atoms with van der Waals surface area (Å²) >= 11 is 0. The monoisotopic (exact) mass is 368 g/mol. The number of methoxy groups -OCH3 is 1. The largest absolute Gasteiger partial charge is 0.497 e. The van der Waals surface area contributed by atoms with Gasteiger partial charge in [-0.15, -0.1) is 0 Å². The van der Waals surface area contributed by atoms with Gasteiger partial charge < -0.3 is 15.2 Å². The Kier molecular flexibility index (Phi) is 4.89. The highest BCUT2D eigenvalue weighted by molar-refractivity contribution is 6.34. The molecule has 0 aromatic heterocycles. The van der Waals surface area contributed by atoms with Gasteiger partial charge in [-0.1, -0.05) is 0 Å². The minimum Gasteiger partial charge on any atom is -0.497 e. The fraction of sp³-hybridized carbons (Fsp3) is 0.158. The van der Waals surface area contributed by atoms with E-state index >= 15 is 0 Å². The van der Waals surface area contributed by atoms with E-state index in [1.165, 1.54) is 25.3 Å². The normalized spacial score (nSPS) is 12.7. The molecular formula is C19H16N2O6. The van der Waals surface area contributed by atoms with E-state index in [0.29, 0.717) is 11.4 Å². The second-order valence-corrected chi connectivity index (χ2v) is 5.80. The van der Waals surface area contributed by atoms with E-state index < -0.39 is 23.7 Å². The molecule has 8 heteroatoms. The van der Waals surface area contributed by atoms with E-state index in [4.69, 9.17) is 9.84 Å². The predicted molar refractivity (Wildman–Crippen MR) is 95.2 cm³/mol. The van der Waals surface area contributed by atoms with Gasteiger partial charge in [0.1, 0.15) is 5.75 Å². The Morgan fingerprint density at radius 2 is 1.70 bits per heavy atom. The van der Waals surface area contributed by atoms with Crippen molar-refractivity contribution in [3.8, 4) is 5.75 Å². The van der Waals surface area contributed by atoms with Gasteiger partial charge in [0.05, 0.1) is 30.3 Å². The molecule has 0 aliphatic carbocycles. The van der Waals surface area contributed by atoms with Gasteiger partial charge in [0.2, 0.25) is 0 Å². The van der Waals surface area contributed by atoms with Gasteiger partial charge in [0.15, 0.2) is 0 Å². The van der Waals surface area contributed by atoms with Gasteiger partial charge in [-0.05, 0) is 42.5 Å². The molecule has 0 bridgehead atoms. The summed E-state index contributed by atoms with van der Waals surface area (Å²) in [6.45, 7) is -0.0316. The summed E-state index contributed by atoms with van der Waals surface area (Å²) in [7, 11) is 1.51. The number of nitrogens with one attached hydrogen (secondary N) is 1. The standard InChI is InChI=1S/C19H16N2O6/c1-27-13-5-3-12(4-6-13)21-18(25)14-7-2-11(10-15(14)19(21)26)17(24)20-9-8-16(22)23/h2-7,10H,8-9H2,1H3,(H,20,24)(H,22,23). The van der Waals surface area contributed by atoms with Crippen molar-refractivity contribution in [3.63, 3.8) is 0 Å². The smallest absolute Gasteiger partial charge is 0.305 e. The average Bonchev–Trinajstić information content (AvgIpc) is 2.91. The maximum Gasteiger partial charge on any atom is 0.305 e. The van der Waals surface area contributed by atoms with Gasteiger partial charge in [-0.2, -0.15) is 0 Å². The molecule has 8 nitrogen and oxygen atoms in total. The Balaban J connectivity index is 1.83. The van der Waals surface area contributed by atoms with E-state index in [0.717, 1.165) is 4.90 Å². The van der Waals surface area contributed by atoms with Crippen molar-refractivity contribution in [2.24, 2.45) is 0 Å². The highest BCUT2D eigenvalue weighted by atomic mass is 16.5. The van der Waals surface area contributed by atoms with Crippen LogP contribution in [0, 0.1) is 0 Å². The number of fused-ring (bicyclic) bond motifs is 1. The molecule has 0 fully saturated rings. The number of ether oxygens (including phenoxy) is 1. The van der Waals surface area contributed by atoms with Gasteiger partial charge in [-0.25, -0.2) is 4.90 Å². The van der Waals surface area contributed by atoms with Crippen LogP contribution in [0.15, 0.2) is 42.5 Å².